The maximum atomic E-state index is 12.4. The highest BCUT2D eigenvalue weighted by molar-refractivity contribution is 14.0. The maximum absolute atomic E-state index is 12.4. The molecule has 0 atom stereocenters. The van der Waals surface area contributed by atoms with E-state index in [1.54, 1.807) is 0 Å². The highest BCUT2D eigenvalue weighted by atomic mass is 127. The van der Waals surface area contributed by atoms with Gasteiger partial charge in [-0.3, -0.25) is 0 Å². The van der Waals surface area contributed by atoms with Crippen molar-refractivity contribution in [2.45, 2.75) is 25.9 Å². The number of benzene rings is 1. The Balaban J connectivity index is 0.00000288. The minimum absolute atomic E-state index is 0. The van der Waals surface area contributed by atoms with Gasteiger partial charge in [-0.05, 0) is 43.0 Å². The third kappa shape index (κ3) is 6.23. The second kappa shape index (κ2) is 9.16. The van der Waals surface area contributed by atoms with Crippen molar-refractivity contribution in [1.29, 1.82) is 0 Å². The Labute approximate surface area is 157 Å². The van der Waals surface area contributed by atoms with E-state index in [9.17, 15) is 13.2 Å². The molecule has 0 saturated carbocycles. The fourth-order valence-electron chi connectivity index (χ4n) is 2.34. The molecule has 1 aromatic carbocycles. The molecule has 0 radical (unpaired) electrons. The van der Waals surface area contributed by atoms with E-state index in [2.05, 4.69) is 23.8 Å². The molecule has 0 aromatic heterocycles. The molecule has 1 aliphatic heterocycles. The zero-order valence-corrected chi connectivity index (χ0v) is 15.8. The Morgan fingerprint density at radius 2 is 1.83 bits per heavy atom. The molecule has 132 valence electrons. The average Bonchev–Trinajstić information content (AvgIpc) is 2.51. The van der Waals surface area contributed by atoms with Crippen molar-refractivity contribution in [1.82, 2.24) is 4.90 Å². The standard InChI is InChI=1S/C17H20F3N3.HI/c1-13-8-11-23(12-9-13)16(21)22-10-2-3-14-4-6-15(7-5-14)17(18,19)20;/h4-7,13H,8-12H2,1H3,(H2,21,22);1H. The number of hydrogen-bond donors (Lipinski definition) is 1. The van der Waals surface area contributed by atoms with Crippen LogP contribution in [0, 0.1) is 17.8 Å². The third-order valence-electron chi connectivity index (χ3n) is 3.87. The molecule has 0 bridgehead atoms. The van der Waals surface area contributed by atoms with Crippen molar-refractivity contribution in [3.05, 3.63) is 35.4 Å². The Morgan fingerprint density at radius 1 is 1.25 bits per heavy atom. The molecular formula is C17H21F3IN3. The van der Waals surface area contributed by atoms with Crippen LogP contribution in [0.25, 0.3) is 0 Å². The second-order valence-electron chi connectivity index (χ2n) is 5.72. The first kappa shape index (κ1) is 20.6. The summed E-state index contributed by atoms with van der Waals surface area (Å²) in [6.07, 6.45) is -2.11. The number of guanidine groups is 1. The minimum atomic E-state index is -4.32. The first-order valence-corrected chi connectivity index (χ1v) is 7.57. The lowest BCUT2D eigenvalue weighted by Crippen LogP contribution is -2.42. The van der Waals surface area contributed by atoms with Gasteiger partial charge in [-0.1, -0.05) is 18.8 Å². The molecule has 7 heteroatoms. The van der Waals surface area contributed by atoms with Gasteiger partial charge in [0, 0.05) is 18.7 Å². The number of rotatable bonds is 1. The smallest absolute Gasteiger partial charge is 0.370 e. The monoisotopic (exact) mass is 451 g/mol. The van der Waals surface area contributed by atoms with Crippen LogP contribution in [0.4, 0.5) is 13.2 Å². The highest BCUT2D eigenvalue weighted by Gasteiger charge is 2.29. The SMILES string of the molecule is CC1CCN(C(N)=NCC#Cc2ccc(C(F)(F)F)cc2)CC1.I. The van der Waals surface area contributed by atoms with Crippen molar-refractivity contribution < 1.29 is 13.2 Å². The Hall–Kier alpha value is -1.43. The molecule has 1 saturated heterocycles. The van der Waals surface area contributed by atoms with Crippen LogP contribution < -0.4 is 5.73 Å². The molecule has 1 heterocycles. The summed E-state index contributed by atoms with van der Waals surface area (Å²) < 4.78 is 37.3. The lowest BCUT2D eigenvalue weighted by molar-refractivity contribution is -0.137. The largest absolute Gasteiger partial charge is 0.416 e. The van der Waals surface area contributed by atoms with Gasteiger partial charge in [0.05, 0.1) is 5.56 Å². The molecule has 1 aliphatic rings. The quantitative estimate of drug-likeness (QED) is 0.306. The third-order valence-corrected chi connectivity index (χ3v) is 3.87. The van der Waals surface area contributed by atoms with Crippen molar-refractivity contribution in [3.8, 4) is 11.8 Å². The van der Waals surface area contributed by atoms with Crippen molar-refractivity contribution in [3.63, 3.8) is 0 Å². The van der Waals surface area contributed by atoms with Gasteiger partial charge in [0.2, 0.25) is 0 Å². The summed E-state index contributed by atoms with van der Waals surface area (Å²) in [6, 6.07) is 4.76. The zero-order chi connectivity index (χ0) is 16.9. The van der Waals surface area contributed by atoms with Crippen LogP contribution in [0.15, 0.2) is 29.3 Å². The average molecular weight is 451 g/mol. The number of piperidine rings is 1. The number of nitrogens with zero attached hydrogens (tertiary/aromatic N) is 2. The molecule has 1 aromatic rings. The summed E-state index contributed by atoms with van der Waals surface area (Å²) in [7, 11) is 0. The molecule has 0 unspecified atom stereocenters. The summed E-state index contributed by atoms with van der Waals surface area (Å²) in [4.78, 5) is 6.25. The van der Waals surface area contributed by atoms with E-state index < -0.39 is 11.7 Å². The van der Waals surface area contributed by atoms with Crippen LogP contribution in [-0.2, 0) is 6.18 Å². The molecule has 0 aliphatic carbocycles. The van der Waals surface area contributed by atoms with E-state index >= 15 is 0 Å². The zero-order valence-electron chi connectivity index (χ0n) is 13.4. The van der Waals surface area contributed by atoms with Gasteiger partial charge >= 0.3 is 6.18 Å². The predicted molar refractivity (Wildman–Crippen MR) is 100 cm³/mol. The van der Waals surface area contributed by atoms with Crippen molar-refractivity contribution in [2.75, 3.05) is 19.6 Å². The lowest BCUT2D eigenvalue weighted by Gasteiger charge is -2.30. The van der Waals surface area contributed by atoms with E-state index in [1.165, 1.54) is 12.1 Å². The number of halogens is 4. The van der Waals surface area contributed by atoms with E-state index in [0.29, 0.717) is 11.5 Å². The maximum Gasteiger partial charge on any atom is 0.416 e. The van der Waals surface area contributed by atoms with Crippen LogP contribution >= 0.6 is 24.0 Å². The number of likely N-dealkylation sites (tertiary alicyclic amines) is 1. The van der Waals surface area contributed by atoms with Gasteiger partial charge in [0.25, 0.3) is 0 Å². The van der Waals surface area contributed by atoms with Crippen LogP contribution in [0.2, 0.25) is 0 Å². The van der Waals surface area contributed by atoms with Gasteiger partial charge in [0.1, 0.15) is 6.54 Å². The predicted octanol–water partition coefficient (Wildman–Crippen LogP) is 3.72. The van der Waals surface area contributed by atoms with Gasteiger partial charge in [-0.25, -0.2) is 4.99 Å². The number of aliphatic imine (C=N–C) groups is 1. The first-order chi connectivity index (χ1) is 10.9. The van der Waals surface area contributed by atoms with Crippen molar-refractivity contribution in [2.24, 2.45) is 16.6 Å². The number of nitrogens with two attached hydrogens (primary N) is 1. The van der Waals surface area contributed by atoms with Crippen LogP contribution in [0.5, 0.6) is 0 Å². The fourth-order valence-corrected chi connectivity index (χ4v) is 2.34. The summed E-state index contributed by atoms with van der Waals surface area (Å²) >= 11 is 0. The van der Waals surface area contributed by atoms with E-state index in [1.807, 2.05) is 4.90 Å². The molecule has 3 nitrogen and oxygen atoms in total. The molecule has 0 spiro atoms. The normalized spacial score (nSPS) is 16.2. The fraction of sp³-hybridized carbons (Fsp3) is 0.471. The van der Waals surface area contributed by atoms with Gasteiger partial charge in [-0.15, -0.1) is 24.0 Å². The molecule has 1 fully saturated rings. The molecule has 2 N–H and O–H groups in total. The first-order valence-electron chi connectivity index (χ1n) is 7.57. The lowest BCUT2D eigenvalue weighted by atomic mass is 10.00. The highest BCUT2D eigenvalue weighted by Crippen LogP contribution is 2.28. The Morgan fingerprint density at radius 3 is 2.38 bits per heavy atom. The van der Waals surface area contributed by atoms with Gasteiger partial charge < -0.3 is 10.6 Å². The molecular weight excluding hydrogens is 430 g/mol. The Kier molecular flexibility index (Phi) is 7.87. The second-order valence-corrected chi connectivity index (χ2v) is 5.72. The summed E-state index contributed by atoms with van der Waals surface area (Å²) in [6.45, 7) is 4.27. The number of hydrogen-bond acceptors (Lipinski definition) is 1. The molecule has 0 amide bonds. The number of alkyl halides is 3. The summed E-state index contributed by atoms with van der Waals surface area (Å²) in [5.74, 6) is 6.81. The van der Waals surface area contributed by atoms with E-state index in [0.717, 1.165) is 44.0 Å². The van der Waals surface area contributed by atoms with Crippen LogP contribution in [0.3, 0.4) is 0 Å². The van der Waals surface area contributed by atoms with E-state index in [4.69, 9.17) is 5.73 Å². The van der Waals surface area contributed by atoms with Crippen molar-refractivity contribution >= 4 is 29.9 Å². The van der Waals surface area contributed by atoms with Crippen LogP contribution in [0.1, 0.15) is 30.9 Å². The Bertz CT molecular complexity index is 607. The van der Waals surface area contributed by atoms with Crippen LogP contribution in [-0.4, -0.2) is 30.5 Å². The molecule has 24 heavy (non-hydrogen) atoms. The minimum Gasteiger partial charge on any atom is -0.370 e. The van der Waals surface area contributed by atoms with Gasteiger partial charge in [-0.2, -0.15) is 13.2 Å². The topological polar surface area (TPSA) is 41.6 Å². The van der Waals surface area contributed by atoms with E-state index in [-0.39, 0.29) is 30.5 Å². The summed E-state index contributed by atoms with van der Waals surface area (Å²) in [5.41, 5.74) is 5.77. The summed E-state index contributed by atoms with van der Waals surface area (Å²) in [5, 5.41) is 0. The van der Waals surface area contributed by atoms with Gasteiger partial charge in [0.15, 0.2) is 5.96 Å². The molecule has 2 rings (SSSR count).